The van der Waals surface area contributed by atoms with E-state index in [1.54, 1.807) is 12.1 Å². The fourth-order valence-corrected chi connectivity index (χ4v) is 5.32. The Labute approximate surface area is 179 Å². The number of anilines is 1. The quantitative estimate of drug-likeness (QED) is 0.725. The molecule has 1 aliphatic heterocycles. The van der Waals surface area contributed by atoms with Crippen molar-refractivity contribution < 1.29 is 17.9 Å². The van der Waals surface area contributed by atoms with Crippen molar-refractivity contribution in [2.24, 2.45) is 0 Å². The summed E-state index contributed by atoms with van der Waals surface area (Å²) in [5.74, 6) is 0.233. The minimum Gasteiger partial charge on any atom is -0.495 e. The van der Waals surface area contributed by atoms with E-state index in [1.807, 2.05) is 24.3 Å². The smallest absolute Gasteiger partial charge is 0.255 e. The third-order valence-electron chi connectivity index (χ3n) is 5.42. The van der Waals surface area contributed by atoms with Crippen LogP contribution in [-0.2, 0) is 10.0 Å². The Bertz CT molecular complexity index is 994. The van der Waals surface area contributed by atoms with Gasteiger partial charge in [-0.25, -0.2) is 8.42 Å². The molecule has 1 aliphatic rings. The Hall–Kier alpha value is -2.38. The van der Waals surface area contributed by atoms with Crippen LogP contribution in [0.3, 0.4) is 0 Å². The summed E-state index contributed by atoms with van der Waals surface area (Å²) >= 11 is 0. The van der Waals surface area contributed by atoms with Crippen LogP contribution in [0.2, 0.25) is 0 Å². The van der Waals surface area contributed by atoms with Gasteiger partial charge in [0.25, 0.3) is 5.91 Å². The van der Waals surface area contributed by atoms with Crippen LogP contribution in [0, 0.1) is 0 Å². The Morgan fingerprint density at radius 3 is 2.37 bits per heavy atom. The monoisotopic (exact) mass is 430 g/mol. The molecule has 1 N–H and O–H groups in total. The van der Waals surface area contributed by atoms with Crippen LogP contribution in [-0.4, -0.2) is 38.8 Å². The topological polar surface area (TPSA) is 75.7 Å². The van der Waals surface area contributed by atoms with Gasteiger partial charge in [0.2, 0.25) is 10.0 Å². The van der Waals surface area contributed by atoms with Gasteiger partial charge in [-0.2, -0.15) is 4.31 Å². The standard InChI is InChI=1S/C23H30N2O4S/c1-17(2)18-9-8-10-20(15-18)24-23(26)19-11-12-21(29-3)22(16-19)30(27,28)25-13-6-4-5-7-14-25/h8-12,15-17H,4-7,13-14H2,1-3H3,(H,24,26). The van der Waals surface area contributed by atoms with Crippen LogP contribution in [0.1, 0.15) is 61.4 Å². The van der Waals surface area contributed by atoms with Gasteiger partial charge in [0.15, 0.2) is 0 Å². The molecule has 6 nitrogen and oxygen atoms in total. The number of benzene rings is 2. The molecule has 1 heterocycles. The van der Waals surface area contributed by atoms with Gasteiger partial charge >= 0.3 is 0 Å². The van der Waals surface area contributed by atoms with E-state index >= 15 is 0 Å². The zero-order valence-electron chi connectivity index (χ0n) is 17.8. The summed E-state index contributed by atoms with van der Waals surface area (Å²) in [6.45, 7) is 5.16. The molecule has 2 aromatic carbocycles. The summed E-state index contributed by atoms with van der Waals surface area (Å²) in [6, 6.07) is 12.2. The molecule has 0 aromatic heterocycles. The third-order valence-corrected chi connectivity index (χ3v) is 7.34. The zero-order chi connectivity index (χ0) is 21.7. The van der Waals surface area contributed by atoms with E-state index < -0.39 is 10.0 Å². The van der Waals surface area contributed by atoms with Gasteiger partial charge in [0, 0.05) is 24.3 Å². The zero-order valence-corrected chi connectivity index (χ0v) is 18.7. The summed E-state index contributed by atoms with van der Waals surface area (Å²) in [5.41, 5.74) is 2.07. The van der Waals surface area contributed by atoms with Crippen molar-refractivity contribution in [3.63, 3.8) is 0 Å². The Kier molecular flexibility index (Phi) is 7.15. The van der Waals surface area contributed by atoms with Gasteiger partial charge < -0.3 is 10.1 Å². The lowest BCUT2D eigenvalue weighted by atomic mass is 10.0. The minimum atomic E-state index is -3.75. The number of rotatable bonds is 6. The number of methoxy groups -OCH3 is 1. The number of hydrogen-bond donors (Lipinski definition) is 1. The van der Waals surface area contributed by atoms with Crippen molar-refractivity contribution >= 4 is 21.6 Å². The fraction of sp³-hybridized carbons (Fsp3) is 0.435. The lowest BCUT2D eigenvalue weighted by molar-refractivity contribution is 0.102. The highest BCUT2D eigenvalue weighted by Gasteiger charge is 2.29. The average Bonchev–Trinajstić information content (AvgIpc) is 3.03. The molecule has 3 rings (SSSR count). The lowest BCUT2D eigenvalue weighted by Gasteiger charge is -2.21. The van der Waals surface area contributed by atoms with Crippen molar-refractivity contribution in [2.45, 2.75) is 50.3 Å². The van der Waals surface area contributed by atoms with E-state index in [2.05, 4.69) is 19.2 Å². The second-order valence-electron chi connectivity index (χ2n) is 7.92. The van der Waals surface area contributed by atoms with Gasteiger partial charge in [-0.3, -0.25) is 4.79 Å². The summed E-state index contributed by atoms with van der Waals surface area (Å²) in [4.78, 5) is 12.9. The summed E-state index contributed by atoms with van der Waals surface area (Å²) in [6.07, 6.45) is 3.74. The molecule has 0 atom stereocenters. The van der Waals surface area contributed by atoms with Gasteiger partial charge in [0.05, 0.1) is 7.11 Å². The number of nitrogens with one attached hydrogen (secondary N) is 1. The van der Waals surface area contributed by atoms with Crippen LogP contribution in [0.15, 0.2) is 47.4 Å². The number of amides is 1. The first kappa shape index (κ1) is 22.3. The fourth-order valence-electron chi connectivity index (χ4n) is 3.62. The Morgan fingerprint density at radius 1 is 1.03 bits per heavy atom. The molecule has 30 heavy (non-hydrogen) atoms. The Balaban J connectivity index is 1.90. The molecule has 1 saturated heterocycles. The minimum absolute atomic E-state index is 0.0375. The number of carbonyl (C=O) groups excluding carboxylic acids is 1. The van der Waals surface area contributed by atoms with E-state index in [9.17, 15) is 13.2 Å². The first-order valence-corrected chi connectivity index (χ1v) is 11.9. The van der Waals surface area contributed by atoms with Crippen LogP contribution >= 0.6 is 0 Å². The maximum Gasteiger partial charge on any atom is 0.255 e. The van der Waals surface area contributed by atoms with E-state index in [4.69, 9.17) is 4.74 Å². The van der Waals surface area contributed by atoms with Crippen LogP contribution in [0.25, 0.3) is 0 Å². The highest BCUT2D eigenvalue weighted by Crippen LogP contribution is 2.30. The second kappa shape index (κ2) is 9.62. The highest BCUT2D eigenvalue weighted by molar-refractivity contribution is 7.89. The van der Waals surface area contributed by atoms with E-state index in [0.29, 0.717) is 24.7 Å². The van der Waals surface area contributed by atoms with Gasteiger partial charge in [-0.1, -0.05) is 38.8 Å². The van der Waals surface area contributed by atoms with Crippen molar-refractivity contribution in [1.82, 2.24) is 4.31 Å². The lowest BCUT2D eigenvalue weighted by Crippen LogP contribution is -2.32. The summed E-state index contributed by atoms with van der Waals surface area (Å²) in [5, 5.41) is 2.87. The first-order valence-electron chi connectivity index (χ1n) is 10.4. The Morgan fingerprint density at radius 2 is 1.73 bits per heavy atom. The van der Waals surface area contributed by atoms with Crippen LogP contribution in [0.4, 0.5) is 5.69 Å². The average molecular weight is 431 g/mol. The maximum absolute atomic E-state index is 13.3. The molecule has 1 fully saturated rings. The molecule has 0 saturated carbocycles. The van der Waals surface area contributed by atoms with Crippen LogP contribution < -0.4 is 10.1 Å². The second-order valence-corrected chi connectivity index (χ2v) is 9.82. The number of ether oxygens (including phenoxy) is 1. The molecular formula is C23H30N2O4S. The highest BCUT2D eigenvalue weighted by atomic mass is 32.2. The van der Waals surface area contributed by atoms with Gasteiger partial charge in [-0.15, -0.1) is 0 Å². The number of hydrogen-bond acceptors (Lipinski definition) is 4. The van der Waals surface area contributed by atoms with Gasteiger partial charge in [-0.05, 0) is 54.7 Å². The van der Waals surface area contributed by atoms with Crippen molar-refractivity contribution in [1.29, 1.82) is 0 Å². The molecule has 7 heteroatoms. The van der Waals surface area contributed by atoms with Crippen molar-refractivity contribution in [3.8, 4) is 5.75 Å². The maximum atomic E-state index is 13.3. The molecule has 2 aromatic rings. The first-order chi connectivity index (χ1) is 14.3. The molecule has 0 spiro atoms. The molecule has 162 valence electrons. The van der Waals surface area contributed by atoms with E-state index in [0.717, 1.165) is 31.2 Å². The summed E-state index contributed by atoms with van der Waals surface area (Å²) < 4.78 is 33.4. The van der Waals surface area contributed by atoms with E-state index in [1.165, 1.54) is 17.5 Å². The number of nitrogens with zero attached hydrogens (tertiary/aromatic N) is 1. The summed E-state index contributed by atoms with van der Waals surface area (Å²) in [7, 11) is -2.31. The molecule has 0 bridgehead atoms. The largest absolute Gasteiger partial charge is 0.495 e. The molecule has 0 aliphatic carbocycles. The number of sulfonamides is 1. The predicted octanol–water partition coefficient (Wildman–Crippen LogP) is 4.64. The van der Waals surface area contributed by atoms with Crippen molar-refractivity contribution in [2.75, 3.05) is 25.5 Å². The predicted molar refractivity (Wildman–Crippen MR) is 119 cm³/mol. The van der Waals surface area contributed by atoms with Crippen LogP contribution in [0.5, 0.6) is 5.75 Å². The molecule has 0 radical (unpaired) electrons. The molecule has 1 amide bonds. The normalized spacial score (nSPS) is 15.6. The van der Waals surface area contributed by atoms with Gasteiger partial charge in [0.1, 0.15) is 10.6 Å². The third kappa shape index (κ3) is 5.02. The van der Waals surface area contributed by atoms with Crippen molar-refractivity contribution in [3.05, 3.63) is 53.6 Å². The SMILES string of the molecule is COc1ccc(C(=O)Nc2cccc(C(C)C)c2)cc1S(=O)(=O)N1CCCCCC1. The number of carbonyl (C=O) groups is 1. The molecular weight excluding hydrogens is 400 g/mol. The molecule has 0 unspecified atom stereocenters. The van der Waals surface area contributed by atoms with E-state index in [-0.39, 0.29) is 22.1 Å².